The Morgan fingerprint density at radius 3 is 1.07 bits per heavy atom. The Morgan fingerprint density at radius 2 is 0.669 bits per heavy atom. The van der Waals surface area contributed by atoms with Crippen LogP contribution in [0.25, 0.3) is 0 Å². The number of ether oxygens (including phenoxy) is 8. The third kappa shape index (κ3) is 53.1. The second kappa shape index (κ2) is 73.0. The van der Waals surface area contributed by atoms with Gasteiger partial charge >= 0.3 is 31.7 Å². The Balaban J connectivity index is 1.91. The van der Waals surface area contributed by atoms with Gasteiger partial charge in [-0.25, -0.2) is 4.57 Å². The second-order valence-corrected chi connectivity index (χ2v) is 37.0. The predicted octanol–water partition coefficient (Wildman–Crippen LogP) is 19.0. The van der Waals surface area contributed by atoms with Gasteiger partial charge in [-0.2, -0.15) is 0 Å². The lowest BCUT2D eigenvalue weighted by Crippen LogP contribution is -2.70. The molecule has 10 N–H and O–H groups in total. The first-order valence-electron chi connectivity index (χ1n) is 49.3. The standard InChI is InChI=1S/C95H177O25P/c1-6-10-14-18-22-25-28-31-34-37-39-41-44-47-54-60-66-78(97)111-71-75(114-80(99)68-62-57-51-50-53-59-65-74(5)64-58-52-21-17-13-9-4)72-113-121(109,110)120-93-91(118-94-88(107)84(103)82(101)76(70-96)115-94)87(106)86(105)90(117-81(100)69-63-56-49-46-43-40-36-33-30-27-24-20-16-12-8-3)92(93)119-95-89(108)85(104)83(102)77(116-95)73-112-79(98)67-61-55-48-45-42-38-35-32-29-26-23-19-15-11-7-2/h26,29,74-77,82-96,101-108H,6-25,27-28,30-73H2,1-5H3,(H,109,110)/b29-26-. The summed E-state index contributed by atoms with van der Waals surface area (Å²) in [5.41, 5.74) is 0. The van der Waals surface area contributed by atoms with E-state index >= 15 is 0 Å². The molecule has 3 fully saturated rings. The molecule has 0 aromatic heterocycles. The average Bonchev–Trinajstić information content (AvgIpc) is 0.753. The first-order chi connectivity index (χ1) is 58.6. The first-order valence-corrected chi connectivity index (χ1v) is 50.8. The molecule has 0 amide bonds. The van der Waals surface area contributed by atoms with Crippen molar-refractivity contribution in [2.24, 2.45) is 5.92 Å². The molecule has 19 unspecified atom stereocenters. The lowest BCUT2D eigenvalue weighted by atomic mass is 9.84. The molecule has 0 aromatic rings. The molecule has 121 heavy (non-hydrogen) atoms. The normalized spacial score (nSPS) is 24.9. The van der Waals surface area contributed by atoms with E-state index in [1.807, 2.05) is 0 Å². The van der Waals surface area contributed by atoms with Crippen LogP contribution < -0.4 is 0 Å². The van der Waals surface area contributed by atoms with Crippen LogP contribution in [0.2, 0.25) is 0 Å². The van der Waals surface area contributed by atoms with Crippen LogP contribution in [0, 0.1) is 5.92 Å². The number of phosphoric acid groups is 1. The van der Waals surface area contributed by atoms with E-state index in [4.69, 9.17) is 46.9 Å². The molecule has 3 aliphatic rings. The van der Waals surface area contributed by atoms with Gasteiger partial charge in [0.2, 0.25) is 0 Å². The van der Waals surface area contributed by atoms with Crippen molar-refractivity contribution >= 4 is 31.7 Å². The summed E-state index contributed by atoms with van der Waals surface area (Å²) in [5.74, 6) is -2.28. The summed E-state index contributed by atoms with van der Waals surface area (Å²) in [6.45, 7) is 7.96. The van der Waals surface area contributed by atoms with Crippen molar-refractivity contribution in [1.29, 1.82) is 0 Å². The molecule has 2 saturated heterocycles. The number of aliphatic hydroxyl groups is 9. The van der Waals surface area contributed by atoms with Crippen molar-refractivity contribution in [1.82, 2.24) is 0 Å². The highest BCUT2D eigenvalue weighted by molar-refractivity contribution is 7.47. The van der Waals surface area contributed by atoms with E-state index in [0.29, 0.717) is 38.0 Å². The van der Waals surface area contributed by atoms with Crippen molar-refractivity contribution in [3.8, 4) is 0 Å². The van der Waals surface area contributed by atoms with Gasteiger partial charge < -0.3 is 88.7 Å². The molecule has 0 radical (unpaired) electrons. The maximum absolute atomic E-state index is 14.9. The van der Waals surface area contributed by atoms with Gasteiger partial charge in [0.25, 0.3) is 0 Å². The van der Waals surface area contributed by atoms with Gasteiger partial charge in [0.15, 0.2) is 24.8 Å². The van der Waals surface area contributed by atoms with Crippen LogP contribution in [-0.2, 0) is 70.7 Å². The molecule has 1 aliphatic carbocycles. The van der Waals surface area contributed by atoms with E-state index < -0.39 is 162 Å². The number of rotatable bonds is 80. The molecule has 0 bridgehead atoms. The number of esters is 4. The molecule has 2 aliphatic heterocycles. The maximum atomic E-state index is 14.9. The number of hydrogen-bond acceptors (Lipinski definition) is 24. The van der Waals surface area contributed by atoms with E-state index in [1.165, 1.54) is 193 Å². The summed E-state index contributed by atoms with van der Waals surface area (Å²) >= 11 is 0. The van der Waals surface area contributed by atoms with E-state index in [0.717, 1.165) is 148 Å². The predicted molar refractivity (Wildman–Crippen MR) is 472 cm³/mol. The Bertz CT molecular complexity index is 2570. The minimum Gasteiger partial charge on any atom is -0.463 e. The van der Waals surface area contributed by atoms with E-state index in [1.54, 1.807) is 0 Å². The Kier molecular flexibility index (Phi) is 67.8. The molecule has 19 atom stereocenters. The molecule has 3 rings (SSSR count). The van der Waals surface area contributed by atoms with Crippen molar-refractivity contribution < 1.29 is 122 Å². The quantitative estimate of drug-likeness (QED) is 0.00889. The Labute approximate surface area is 731 Å². The molecule has 26 heteroatoms. The molecule has 0 aromatic carbocycles. The van der Waals surface area contributed by atoms with E-state index in [9.17, 15) is 74.6 Å². The van der Waals surface area contributed by atoms with Gasteiger partial charge in [-0.3, -0.25) is 28.2 Å². The third-order valence-corrected chi connectivity index (χ3v) is 25.4. The SMILES string of the molecule is CCCCCC/C=C\CCCCCCCCCC(=O)OCC1OC(OC2C(OC(=O)CCCCCCCCCCCCCCCCC)C(O)C(O)C(OC3OC(CO)C(O)C(O)C3O)C2OP(=O)(O)OCC(COC(=O)CCCCCCCCCCCCCCCCCC)OC(=O)CCCCCCCCC(C)CCCCCCCC)C(O)C(O)C1O. The first kappa shape index (κ1) is 112. The largest absolute Gasteiger partial charge is 0.472 e. The zero-order valence-corrected chi connectivity index (χ0v) is 77.2. The second-order valence-electron chi connectivity index (χ2n) is 35.6. The summed E-state index contributed by atoms with van der Waals surface area (Å²) in [4.78, 5) is 66.7. The zero-order chi connectivity index (χ0) is 88.4. The smallest absolute Gasteiger partial charge is 0.463 e. The summed E-state index contributed by atoms with van der Waals surface area (Å²) in [6.07, 6.45) is 31.8. The fourth-order valence-corrected chi connectivity index (χ4v) is 17.5. The summed E-state index contributed by atoms with van der Waals surface area (Å²) in [5, 5.41) is 103. The minimum absolute atomic E-state index is 0.0108. The third-order valence-electron chi connectivity index (χ3n) is 24.4. The number of allylic oxidation sites excluding steroid dienone is 2. The fourth-order valence-electron chi connectivity index (χ4n) is 16.5. The minimum atomic E-state index is -5.81. The molecule has 1 saturated carbocycles. The van der Waals surface area contributed by atoms with Gasteiger partial charge in [0, 0.05) is 25.7 Å². The molecular formula is C95H177O25P. The number of hydrogen-bond donors (Lipinski definition) is 10. The highest BCUT2D eigenvalue weighted by Crippen LogP contribution is 2.49. The van der Waals surface area contributed by atoms with Crippen LogP contribution in [0.15, 0.2) is 12.2 Å². The lowest BCUT2D eigenvalue weighted by molar-refractivity contribution is -0.360. The maximum Gasteiger partial charge on any atom is 0.472 e. The topological polar surface area (TPSA) is 380 Å². The average molecular weight is 1750 g/mol. The highest BCUT2D eigenvalue weighted by atomic mass is 31.2. The molecule has 2 heterocycles. The number of carbonyl (C=O) groups is 4. The number of phosphoric ester groups is 1. The van der Waals surface area contributed by atoms with Crippen LogP contribution in [0.3, 0.4) is 0 Å². The van der Waals surface area contributed by atoms with Gasteiger partial charge in [-0.15, -0.1) is 0 Å². The van der Waals surface area contributed by atoms with Crippen LogP contribution in [0.4, 0.5) is 0 Å². The summed E-state index contributed by atoms with van der Waals surface area (Å²) in [7, 11) is -5.81. The highest BCUT2D eigenvalue weighted by Gasteiger charge is 2.60. The number of carbonyl (C=O) groups excluding carboxylic acids is 4. The zero-order valence-electron chi connectivity index (χ0n) is 76.3. The van der Waals surface area contributed by atoms with Gasteiger partial charge in [-0.1, -0.05) is 368 Å². The van der Waals surface area contributed by atoms with Crippen molar-refractivity contribution in [3.05, 3.63) is 12.2 Å². The fraction of sp³-hybridized carbons (Fsp3) is 0.937. The van der Waals surface area contributed by atoms with Gasteiger partial charge in [0.05, 0.1) is 13.2 Å². The van der Waals surface area contributed by atoms with Crippen LogP contribution in [-0.4, -0.2) is 205 Å². The van der Waals surface area contributed by atoms with Gasteiger partial charge in [-0.05, 0) is 57.3 Å². The van der Waals surface area contributed by atoms with Crippen molar-refractivity contribution in [2.45, 2.75) is 537 Å². The van der Waals surface area contributed by atoms with Crippen LogP contribution >= 0.6 is 7.82 Å². The summed E-state index contributed by atoms with van der Waals surface area (Å²) < 4.78 is 73.6. The monoisotopic (exact) mass is 1750 g/mol. The Morgan fingerprint density at radius 1 is 0.347 bits per heavy atom. The molecular weight excluding hydrogens is 1570 g/mol. The van der Waals surface area contributed by atoms with Crippen molar-refractivity contribution in [2.75, 3.05) is 26.4 Å². The molecule has 25 nitrogen and oxygen atoms in total. The molecule has 712 valence electrons. The number of unbranched alkanes of at least 4 members (excludes halogenated alkanes) is 50. The molecule has 0 spiro atoms. The van der Waals surface area contributed by atoms with E-state index in [-0.39, 0.29) is 25.7 Å². The summed E-state index contributed by atoms with van der Waals surface area (Å²) in [6, 6.07) is 0. The van der Waals surface area contributed by atoms with Crippen LogP contribution in [0.5, 0.6) is 0 Å². The van der Waals surface area contributed by atoms with Crippen molar-refractivity contribution in [3.63, 3.8) is 0 Å². The Hall–Kier alpha value is -2.79. The van der Waals surface area contributed by atoms with E-state index in [2.05, 4.69) is 46.8 Å². The number of aliphatic hydroxyl groups excluding tert-OH is 9. The van der Waals surface area contributed by atoms with Crippen LogP contribution in [0.1, 0.15) is 433 Å². The lowest BCUT2D eigenvalue weighted by Gasteiger charge is -2.50. The van der Waals surface area contributed by atoms with Gasteiger partial charge in [0.1, 0.15) is 92.6 Å².